The minimum absolute atomic E-state index is 0.469. The fourth-order valence-corrected chi connectivity index (χ4v) is 3.45. The van der Waals surface area contributed by atoms with Gasteiger partial charge >= 0.3 is 6.01 Å². The van der Waals surface area contributed by atoms with Gasteiger partial charge in [-0.3, -0.25) is 4.40 Å². The van der Waals surface area contributed by atoms with Crippen LogP contribution in [-0.2, 0) is 6.54 Å². The first-order chi connectivity index (χ1) is 10.2. The van der Waals surface area contributed by atoms with Crippen LogP contribution in [0.15, 0.2) is 10.6 Å². The summed E-state index contributed by atoms with van der Waals surface area (Å²) < 4.78 is 7.77. The number of aryl methyl sites for hydroxylation is 2. The predicted octanol–water partition coefficient (Wildman–Crippen LogP) is 3.28. The molecular weight excluding hydrogens is 286 g/mol. The van der Waals surface area contributed by atoms with Gasteiger partial charge in [0.15, 0.2) is 4.96 Å². The molecular formula is C14H17N5OS. The van der Waals surface area contributed by atoms with E-state index in [2.05, 4.69) is 44.9 Å². The average Bonchev–Trinajstić information content (AvgIpc) is 3.05. The second kappa shape index (κ2) is 4.84. The van der Waals surface area contributed by atoms with Gasteiger partial charge in [-0.05, 0) is 26.7 Å². The third-order valence-electron chi connectivity index (χ3n) is 4.15. The zero-order valence-electron chi connectivity index (χ0n) is 12.1. The van der Waals surface area contributed by atoms with Crippen molar-refractivity contribution in [2.45, 2.75) is 45.6 Å². The zero-order valence-corrected chi connectivity index (χ0v) is 12.9. The molecule has 0 saturated heterocycles. The van der Waals surface area contributed by atoms with Crippen molar-refractivity contribution in [3.05, 3.63) is 28.4 Å². The molecule has 0 atom stereocenters. The van der Waals surface area contributed by atoms with E-state index in [0.29, 0.717) is 18.5 Å². The van der Waals surface area contributed by atoms with Gasteiger partial charge in [-0.25, -0.2) is 4.98 Å². The average molecular weight is 303 g/mol. The third-order valence-corrected chi connectivity index (χ3v) is 5.23. The van der Waals surface area contributed by atoms with Crippen LogP contribution in [0.1, 0.15) is 47.3 Å². The fraction of sp³-hybridized carbons (Fsp3) is 0.500. The summed E-state index contributed by atoms with van der Waals surface area (Å²) in [6.45, 7) is 4.83. The smallest absolute Gasteiger partial charge is 0.315 e. The van der Waals surface area contributed by atoms with Gasteiger partial charge in [0, 0.05) is 22.7 Å². The Morgan fingerprint density at radius 2 is 2.24 bits per heavy atom. The van der Waals surface area contributed by atoms with Crippen molar-refractivity contribution in [3.63, 3.8) is 0 Å². The van der Waals surface area contributed by atoms with E-state index in [1.165, 1.54) is 17.0 Å². The highest BCUT2D eigenvalue weighted by molar-refractivity contribution is 7.17. The van der Waals surface area contributed by atoms with E-state index in [-0.39, 0.29) is 0 Å². The monoisotopic (exact) mass is 303 g/mol. The maximum Gasteiger partial charge on any atom is 0.315 e. The van der Waals surface area contributed by atoms with Crippen LogP contribution in [0, 0.1) is 13.8 Å². The molecule has 0 bridgehead atoms. The molecule has 6 nitrogen and oxygen atoms in total. The van der Waals surface area contributed by atoms with Gasteiger partial charge in [-0.1, -0.05) is 11.5 Å². The van der Waals surface area contributed by atoms with Gasteiger partial charge in [0.25, 0.3) is 0 Å². The largest absolute Gasteiger partial charge is 0.408 e. The normalized spacial score (nSPS) is 15.5. The molecule has 3 aromatic heterocycles. The standard InChI is InChI=1S/C14H17N5OS/c1-8-9(2)21-14-16-11(7-19(8)14)6-15-13-18-17-12(20-13)10-4-3-5-10/h7,10H,3-6H2,1-2H3,(H,15,18). The topological polar surface area (TPSA) is 68.2 Å². The Bertz CT molecular complexity index is 783. The van der Waals surface area contributed by atoms with E-state index in [9.17, 15) is 0 Å². The van der Waals surface area contributed by atoms with E-state index < -0.39 is 0 Å². The van der Waals surface area contributed by atoms with E-state index in [1.54, 1.807) is 11.3 Å². The second-order valence-corrected chi connectivity index (χ2v) is 6.74. The van der Waals surface area contributed by atoms with Crippen molar-refractivity contribution < 1.29 is 4.42 Å². The van der Waals surface area contributed by atoms with E-state index in [1.807, 2.05) is 0 Å². The highest BCUT2D eigenvalue weighted by Gasteiger charge is 2.25. The van der Waals surface area contributed by atoms with E-state index in [4.69, 9.17) is 4.42 Å². The van der Waals surface area contributed by atoms with Gasteiger partial charge in [-0.15, -0.1) is 16.4 Å². The third kappa shape index (κ3) is 2.21. The molecule has 3 heterocycles. The molecule has 1 aliphatic carbocycles. The Labute approximate surface area is 126 Å². The first kappa shape index (κ1) is 12.8. The van der Waals surface area contributed by atoms with Crippen LogP contribution in [0.4, 0.5) is 6.01 Å². The quantitative estimate of drug-likeness (QED) is 0.801. The summed E-state index contributed by atoms with van der Waals surface area (Å²) >= 11 is 1.71. The molecule has 1 fully saturated rings. The zero-order chi connectivity index (χ0) is 14.4. The van der Waals surface area contributed by atoms with Gasteiger partial charge in [0.05, 0.1) is 12.2 Å². The Hall–Kier alpha value is -1.89. The minimum Gasteiger partial charge on any atom is -0.408 e. The molecule has 1 N–H and O–H groups in total. The lowest BCUT2D eigenvalue weighted by Gasteiger charge is -2.20. The Kier molecular flexibility index (Phi) is 2.95. The van der Waals surface area contributed by atoms with E-state index in [0.717, 1.165) is 29.4 Å². The van der Waals surface area contributed by atoms with E-state index >= 15 is 0 Å². The summed E-state index contributed by atoms with van der Waals surface area (Å²) in [6, 6.07) is 0.487. The number of fused-ring (bicyclic) bond motifs is 1. The van der Waals surface area contributed by atoms with Crippen LogP contribution < -0.4 is 5.32 Å². The number of aromatic nitrogens is 4. The molecule has 21 heavy (non-hydrogen) atoms. The Morgan fingerprint density at radius 1 is 1.38 bits per heavy atom. The van der Waals surface area contributed by atoms with Crippen LogP contribution in [0.5, 0.6) is 0 Å². The van der Waals surface area contributed by atoms with Crippen LogP contribution in [0.25, 0.3) is 4.96 Å². The molecule has 0 unspecified atom stereocenters. The number of anilines is 1. The fourth-order valence-electron chi connectivity index (χ4n) is 2.48. The summed E-state index contributed by atoms with van der Waals surface area (Å²) in [5, 5.41) is 11.3. The molecule has 1 saturated carbocycles. The van der Waals surface area contributed by atoms with Gasteiger partial charge in [0.1, 0.15) is 0 Å². The lowest BCUT2D eigenvalue weighted by Crippen LogP contribution is -2.08. The molecule has 110 valence electrons. The molecule has 0 spiro atoms. The molecule has 4 rings (SSSR count). The van der Waals surface area contributed by atoms with Gasteiger partial charge in [0.2, 0.25) is 5.89 Å². The van der Waals surface area contributed by atoms with Crippen LogP contribution >= 0.6 is 11.3 Å². The van der Waals surface area contributed by atoms with Crippen molar-refractivity contribution >= 4 is 22.3 Å². The molecule has 3 aromatic rings. The summed E-state index contributed by atoms with van der Waals surface area (Å²) in [7, 11) is 0. The van der Waals surface area contributed by atoms with Crippen molar-refractivity contribution in [3.8, 4) is 0 Å². The lowest BCUT2D eigenvalue weighted by molar-refractivity contribution is 0.338. The number of nitrogens with zero attached hydrogens (tertiary/aromatic N) is 4. The molecule has 0 radical (unpaired) electrons. The maximum absolute atomic E-state index is 5.64. The van der Waals surface area contributed by atoms with Crippen LogP contribution in [0.3, 0.4) is 0 Å². The maximum atomic E-state index is 5.64. The molecule has 0 amide bonds. The Balaban J connectivity index is 1.46. The summed E-state index contributed by atoms with van der Waals surface area (Å²) in [5.41, 5.74) is 2.23. The Morgan fingerprint density at radius 3 is 2.95 bits per heavy atom. The van der Waals surface area contributed by atoms with Crippen molar-refractivity contribution in [1.82, 2.24) is 19.6 Å². The molecule has 0 aliphatic heterocycles. The predicted molar refractivity (Wildman–Crippen MR) is 80.8 cm³/mol. The van der Waals surface area contributed by atoms with Crippen LogP contribution in [0.2, 0.25) is 0 Å². The van der Waals surface area contributed by atoms with Gasteiger partial charge < -0.3 is 9.73 Å². The van der Waals surface area contributed by atoms with Crippen LogP contribution in [-0.4, -0.2) is 19.6 Å². The molecule has 1 aliphatic rings. The van der Waals surface area contributed by atoms with Crippen molar-refractivity contribution in [1.29, 1.82) is 0 Å². The summed E-state index contributed by atoms with van der Waals surface area (Å²) in [6.07, 6.45) is 5.65. The molecule has 0 aromatic carbocycles. The number of nitrogens with one attached hydrogen (secondary N) is 1. The number of thiazole rings is 1. The number of rotatable bonds is 4. The number of imidazole rings is 1. The first-order valence-corrected chi connectivity index (χ1v) is 8.03. The van der Waals surface area contributed by atoms with Crippen molar-refractivity contribution in [2.75, 3.05) is 5.32 Å². The lowest BCUT2D eigenvalue weighted by atomic mass is 9.85. The summed E-state index contributed by atoms with van der Waals surface area (Å²) in [4.78, 5) is 6.94. The second-order valence-electron chi connectivity index (χ2n) is 5.56. The minimum atomic E-state index is 0.469. The molecule has 7 heteroatoms. The number of hydrogen-bond donors (Lipinski definition) is 1. The summed E-state index contributed by atoms with van der Waals surface area (Å²) in [5.74, 6) is 1.23. The SMILES string of the molecule is Cc1sc2nc(CNc3nnc(C4CCC4)o3)cn2c1C. The van der Waals surface area contributed by atoms with Crippen molar-refractivity contribution in [2.24, 2.45) is 0 Å². The number of hydrogen-bond acceptors (Lipinski definition) is 6. The van der Waals surface area contributed by atoms with Gasteiger partial charge in [-0.2, -0.15) is 0 Å². The highest BCUT2D eigenvalue weighted by atomic mass is 32.1. The highest BCUT2D eigenvalue weighted by Crippen LogP contribution is 2.35. The first-order valence-electron chi connectivity index (χ1n) is 7.22.